The molecule has 2 N–H and O–H groups in total. The van der Waals surface area contributed by atoms with Gasteiger partial charge in [0.1, 0.15) is 5.75 Å². The summed E-state index contributed by atoms with van der Waals surface area (Å²) in [6, 6.07) is 5.45. The molecule has 0 aromatic heterocycles. The zero-order chi connectivity index (χ0) is 13.0. The lowest BCUT2D eigenvalue weighted by Gasteiger charge is -2.22. The number of piperidine rings is 1. The number of carbonyl (C=O) groups excluding carboxylic acids is 1. The average Bonchev–Trinajstić information content (AvgIpc) is 2.39. The number of hydrogen-bond donors (Lipinski definition) is 2. The molecule has 1 saturated heterocycles. The quantitative estimate of drug-likeness (QED) is 0.901. The van der Waals surface area contributed by atoms with Crippen LogP contribution < -0.4 is 15.4 Å². The highest BCUT2D eigenvalue weighted by Crippen LogP contribution is 2.24. The van der Waals surface area contributed by atoms with E-state index in [-0.39, 0.29) is 11.9 Å². The molecule has 4 nitrogen and oxygen atoms in total. The number of benzene rings is 1. The molecule has 1 aromatic rings. The molecule has 1 amide bonds. The van der Waals surface area contributed by atoms with E-state index in [0.29, 0.717) is 0 Å². The van der Waals surface area contributed by atoms with Crippen LogP contribution in [0, 0.1) is 0 Å². The molecule has 0 saturated carbocycles. The Morgan fingerprint density at radius 2 is 2.28 bits per heavy atom. The monoisotopic (exact) mass is 312 g/mol. The van der Waals surface area contributed by atoms with Crippen LogP contribution >= 0.6 is 15.9 Å². The summed E-state index contributed by atoms with van der Waals surface area (Å²) in [6.07, 6.45) is 3.15. The molecule has 1 heterocycles. The Kier molecular flexibility index (Phi) is 4.60. The van der Waals surface area contributed by atoms with Crippen molar-refractivity contribution in [1.29, 1.82) is 0 Å². The van der Waals surface area contributed by atoms with Crippen LogP contribution in [0.1, 0.15) is 19.3 Å². The lowest BCUT2D eigenvalue weighted by molar-refractivity contribution is -0.118. The van der Waals surface area contributed by atoms with E-state index >= 15 is 0 Å². The van der Waals surface area contributed by atoms with E-state index in [2.05, 4.69) is 26.6 Å². The maximum atomic E-state index is 12.0. The van der Waals surface area contributed by atoms with E-state index < -0.39 is 0 Å². The summed E-state index contributed by atoms with van der Waals surface area (Å²) < 4.78 is 6.05. The van der Waals surface area contributed by atoms with Crippen molar-refractivity contribution in [1.82, 2.24) is 5.32 Å². The van der Waals surface area contributed by atoms with Gasteiger partial charge in [-0.25, -0.2) is 0 Å². The fourth-order valence-electron chi connectivity index (χ4n) is 2.06. The van der Waals surface area contributed by atoms with E-state index in [4.69, 9.17) is 4.74 Å². The summed E-state index contributed by atoms with van der Waals surface area (Å²) in [5.41, 5.74) is 0.749. The van der Waals surface area contributed by atoms with Gasteiger partial charge in [-0.3, -0.25) is 4.79 Å². The van der Waals surface area contributed by atoms with Gasteiger partial charge in [-0.1, -0.05) is 22.4 Å². The normalized spacial score (nSPS) is 19.3. The summed E-state index contributed by atoms with van der Waals surface area (Å²) in [7, 11) is 1.61. The Bertz CT molecular complexity index is 431. The van der Waals surface area contributed by atoms with Gasteiger partial charge in [0.05, 0.1) is 13.2 Å². The molecular weight excluding hydrogens is 296 g/mol. The minimum absolute atomic E-state index is 0.0230. The Hall–Kier alpha value is -1.07. The highest BCUT2D eigenvalue weighted by Gasteiger charge is 2.20. The second-order valence-electron chi connectivity index (χ2n) is 4.37. The predicted molar refractivity (Wildman–Crippen MR) is 75.0 cm³/mol. The third kappa shape index (κ3) is 3.46. The number of anilines is 1. The molecule has 1 aliphatic heterocycles. The molecule has 0 spiro atoms. The Balaban J connectivity index is 2.03. The molecule has 2 rings (SSSR count). The topological polar surface area (TPSA) is 50.4 Å². The molecule has 1 aromatic carbocycles. The van der Waals surface area contributed by atoms with Gasteiger partial charge in [-0.05, 0) is 31.5 Å². The van der Waals surface area contributed by atoms with Gasteiger partial charge in [0.15, 0.2) is 0 Å². The zero-order valence-electron chi connectivity index (χ0n) is 10.3. The van der Waals surface area contributed by atoms with E-state index in [9.17, 15) is 4.79 Å². The molecule has 1 atom stereocenters. The number of carbonyl (C=O) groups is 1. The highest BCUT2D eigenvalue weighted by molar-refractivity contribution is 9.10. The Morgan fingerprint density at radius 1 is 1.44 bits per heavy atom. The number of amides is 1. The second-order valence-corrected chi connectivity index (χ2v) is 5.29. The number of halogens is 1. The van der Waals surface area contributed by atoms with Crippen LogP contribution in [0.2, 0.25) is 0 Å². The SMILES string of the molecule is COc1cc(Br)cc(NC(=O)[C@@H]2CCCCN2)c1. The summed E-state index contributed by atoms with van der Waals surface area (Å²) in [6.45, 7) is 0.917. The van der Waals surface area contributed by atoms with E-state index in [1.165, 1.54) is 0 Å². The first-order valence-corrected chi connectivity index (χ1v) is 6.87. The second kappa shape index (κ2) is 6.20. The molecule has 0 radical (unpaired) electrons. The van der Waals surface area contributed by atoms with Gasteiger partial charge in [-0.15, -0.1) is 0 Å². The molecule has 18 heavy (non-hydrogen) atoms. The summed E-state index contributed by atoms with van der Waals surface area (Å²) >= 11 is 3.39. The number of hydrogen-bond acceptors (Lipinski definition) is 3. The van der Waals surface area contributed by atoms with Gasteiger partial charge in [0.25, 0.3) is 0 Å². The minimum atomic E-state index is -0.0799. The largest absolute Gasteiger partial charge is 0.497 e. The number of methoxy groups -OCH3 is 1. The van der Waals surface area contributed by atoms with Crippen molar-refractivity contribution in [3.8, 4) is 5.75 Å². The van der Waals surface area contributed by atoms with Crippen LogP contribution in [-0.2, 0) is 4.79 Å². The van der Waals surface area contributed by atoms with Crippen LogP contribution in [0.15, 0.2) is 22.7 Å². The van der Waals surface area contributed by atoms with Gasteiger partial charge < -0.3 is 15.4 Å². The maximum Gasteiger partial charge on any atom is 0.241 e. The lowest BCUT2D eigenvalue weighted by atomic mass is 10.0. The van der Waals surface area contributed by atoms with Crippen LogP contribution in [0.5, 0.6) is 5.75 Å². The van der Waals surface area contributed by atoms with Crippen molar-refractivity contribution >= 4 is 27.5 Å². The molecular formula is C13H17BrN2O2. The molecule has 0 aliphatic carbocycles. The summed E-state index contributed by atoms with van der Waals surface area (Å²) in [5, 5.41) is 6.14. The first-order chi connectivity index (χ1) is 8.69. The summed E-state index contributed by atoms with van der Waals surface area (Å²) in [5.74, 6) is 0.742. The Morgan fingerprint density at radius 3 is 2.94 bits per heavy atom. The number of rotatable bonds is 3. The van der Waals surface area contributed by atoms with Gasteiger partial charge >= 0.3 is 0 Å². The fourth-order valence-corrected chi connectivity index (χ4v) is 2.53. The van der Waals surface area contributed by atoms with Crippen LogP contribution in [0.25, 0.3) is 0 Å². The Labute approximate surface area is 115 Å². The van der Waals surface area contributed by atoms with Crippen molar-refractivity contribution in [2.45, 2.75) is 25.3 Å². The first-order valence-electron chi connectivity index (χ1n) is 6.08. The number of nitrogens with one attached hydrogen (secondary N) is 2. The van der Waals surface area contributed by atoms with Crippen LogP contribution in [0.4, 0.5) is 5.69 Å². The van der Waals surface area contributed by atoms with Crippen molar-refractivity contribution in [3.05, 3.63) is 22.7 Å². The van der Waals surface area contributed by atoms with Gasteiger partial charge in [-0.2, -0.15) is 0 Å². The predicted octanol–water partition coefficient (Wildman–Crippen LogP) is 2.54. The summed E-state index contributed by atoms with van der Waals surface area (Å²) in [4.78, 5) is 12.0. The van der Waals surface area contributed by atoms with Crippen LogP contribution in [0.3, 0.4) is 0 Å². The molecule has 98 valence electrons. The van der Waals surface area contributed by atoms with E-state index in [1.54, 1.807) is 7.11 Å². The van der Waals surface area contributed by atoms with Gasteiger partial charge in [0.2, 0.25) is 5.91 Å². The highest BCUT2D eigenvalue weighted by atomic mass is 79.9. The molecule has 0 bridgehead atoms. The standard InChI is InChI=1S/C13H17BrN2O2/c1-18-11-7-9(14)6-10(8-11)16-13(17)12-4-2-3-5-15-12/h6-8,12,15H,2-5H2,1H3,(H,16,17)/t12-/m0/s1. The van der Waals surface area contributed by atoms with Crippen LogP contribution in [-0.4, -0.2) is 25.6 Å². The maximum absolute atomic E-state index is 12.0. The molecule has 5 heteroatoms. The molecule has 1 aliphatic rings. The zero-order valence-corrected chi connectivity index (χ0v) is 11.9. The molecule has 1 fully saturated rings. The fraction of sp³-hybridized carbons (Fsp3) is 0.462. The number of ether oxygens (including phenoxy) is 1. The average molecular weight is 313 g/mol. The third-order valence-corrected chi connectivity index (χ3v) is 3.46. The van der Waals surface area contributed by atoms with Crippen molar-refractivity contribution < 1.29 is 9.53 Å². The van der Waals surface area contributed by atoms with Crippen molar-refractivity contribution in [2.24, 2.45) is 0 Å². The smallest absolute Gasteiger partial charge is 0.241 e. The molecule has 0 unspecified atom stereocenters. The lowest BCUT2D eigenvalue weighted by Crippen LogP contribution is -2.43. The third-order valence-electron chi connectivity index (χ3n) is 3.00. The van der Waals surface area contributed by atoms with E-state index in [0.717, 1.165) is 41.7 Å². The van der Waals surface area contributed by atoms with Gasteiger partial charge in [0, 0.05) is 16.2 Å². The van der Waals surface area contributed by atoms with Crippen molar-refractivity contribution in [3.63, 3.8) is 0 Å². The van der Waals surface area contributed by atoms with Crippen molar-refractivity contribution in [2.75, 3.05) is 19.0 Å². The minimum Gasteiger partial charge on any atom is -0.497 e. The first kappa shape index (κ1) is 13.4. The van der Waals surface area contributed by atoms with E-state index in [1.807, 2.05) is 18.2 Å².